The molecule has 130 valence electrons. The van der Waals surface area contributed by atoms with Gasteiger partial charge in [-0.1, -0.05) is 0 Å². The number of nitrogens with one attached hydrogen (secondary N) is 1. The number of hydrogen-bond donors (Lipinski definition) is 1. The van der Waals surface area contributed by atoms with Gasteiger partial charge >= 0.3 is 0 Å². The van der Waals surface area contributed by atoms with Gasteiger partial charge in [-0.15, -0.1) is 11.6 Å². The van der Waals surface area contributed by atoms with E-state index in [1.165, 1.54) is 0 Å². The smallest absolute Gasteiger partial charge is 0.241 e. The number of ketones is 1. The van der Waals surface area contributed by atoms with E-state index in [4.69, 9.17) is 16.3 Å². The molecule has 1 amide bonds. The van der Waals surface area contributed by atoms with Gasteiger partial charge in [0.25, 0.3) is 0 Å². The van der Waals surface area contributed by atoms with E-state index in [9.17, 15) is 9.59 Å². The van der Waals surface area contributed by atoms with Gasteiger partial charge in [0, 0.05) is 30.9 Å². The van der Waals surface area contributed by atoms with Crippen LogP contribution in [0.25, 0.3) is 0 Å². The topological polar surface area (TPSA) is 71.8 Å². The van der Waals surface area contributed by atoms with Gasteiger partial charge in [0.1, 0.15) is 24.0 Å². The number of carbonyl (C=O) groups is 2. The van der Waals surface area contributed by atoms with Gasteiger partial charge < -0.3 is 19.9 Å². The van der Waals surface area contributed by atoms with E-state index < -0.39 is 0 Å². The second-order valence-corrected chi connectivity index (χ2v) is 6.46. The lowest BCUT2D eigenvalue weighted by Crippen LogP contribution is -2.37. The molecule has 6 nitrogen and oxygen atoms in total. The monoisotopic (exact) mass is 351 g/mol. The molecule has 2 aliphatic heterocycles. The SMILES string of the molecule is CC(=O)CN1CCOc2cc(N(CCC3CN3)C(=O)CCl)ccc21. The summed E-state index contributed by atoms with van der Waals surface area (Å²) in [5.41, 5.74) is 1.67. The Kier molecular flexibility index (Phi) is 5.26. The van der Waals surface area contributed by atoms with Crippen molar-refractivity contribution in [3.8, 4) is 5.75 Å². The summed E-state index contributed by atoms with van der Waals surface area (Å²) in [6.45, 7) is 4.79. The van der Waals surface area contributed by atoms with Crippen LogP contribution in [0, 0.1) is 0 Å². The second-order valence-electron chi connectivity index (χ2n) is 6.20. The molecule has 3 rings (SSSR count). The fraction of sp³-hybridized carbons (Fsp3) is 0.529. The predicted octanol–water partition coefficient (Wildman–Crippen LogP) is 1.41. The lowest BCUT2D eigenvalue weighted by atomic mass is 10.1. The molecule has 2 aliphatic rings. The van der Waals surface area contributed by atoms with Gasteiger partial charge in [0.2, 0.25) is 5.91 Å². The highest BCUT2D eigenvalue weighted by Gasteiger charge is 2.25. The zero-order chi connectivity index (χ0) is 17.1. The van der Waals surface area contributed by atoms with Crippen molar-refractivity contribution < 1.29 is 14.3 Å². The molecule has 0 saturated carbocycles. The first-order valence-corrected chi connectivity index (χ1v) is 8.73. The highest BCUT2D eigenvalue weighted by Crippen LogP contribution is 2.35. The molecule has 1 aromatic carbocycles. The Bertz CT molecular complexity index is 634. The van der Waals surface area contributed by atoms with Gasteiger partial charge in [-0.3, -0.25) is 9.59 Å². The van der Waals surface area contributed by atoms with Gasteiger partial charge in [0.05, 0.1) is 18.8 Å². The van der Waals surface area contributed by atoms with Crippen LogP contribution in [0.1, 0.15) is 13.3 Å². The highest BCUT2D eigenvalue weighted by molar-refractivity contribution is 6.29. The average molecular weight is 352 g/mol. The predicted molar refractivity (Wildman–Crippen MR) is 94.3 cm³/mol. The maximum atomic E-state index is 12.2. The number of alkyl halides is 1. The van der Waals surface area contributed by atoms with Crippen LogP contribution < -0.4 is 19.9 Å². The fourth-order valence-electron chi connectivity index (χ4n) is 2.91. The first kappa shape index (κ1) is 17.0. The van der Waals surface area contributed by atoms with Gasteiger partial charge in [-0.05, 0) is 25.5 Å². The number of benzene rings is 1. The number of ether oxygens (including phenoxy) is 1. The number of anilines is 2. The lowest BCUT2D eigenvalue weighted by molar-refractivity contribution is -0.116. The van der Waals surface area contributed by atoms with Crippen LogP contribution in [-0.2, 0) is 9.59 Å². The van der Waals surface area contributed by atoms with Gasteiger partial charge in [-0.2, -0.15) is 0 Å². The van der Waals surface area contributed by atoms with Crippen molar-refractivity contribution in [3.05, 3.63) is 18.2 Å². The number of Topliss-reactive ketones (excluding diaryl/α,β-unsaturated/α-hetero) is 1. The third kappa shape index (κ3) is 3.99. The molecule has 1 fully saturated rings. The van der Waals surface area contributed by atoms with Gasteiger partial charge in [0.15, 0.2) is 0 Å². The fourth-order valence-corrected chi connectivity index (χ4v) is 3.05. The molecule has 1 atom stereocenters. The molecule has 2 heterocycles. The molecule has 24 heavy (non-hydrogen) atoms. The Morgan fingerprint density at radius 1 is 1.46 bits per heavy atom. The first-order chi connectivity index (χ1) is 11.6. The maximum Gasteiger partial charge on any atom is 0.241 e. The Morgan fingerprint density at radius 2 is 2.25 bits per heavy atom. The van der Waals surface area contributed by atoms with Crippen LogP contribution in [-0.4, -0.2) is 56.4 Å². The molecule has 7 heteroatoms. The molecule has 0 spiro atoms. The van der Waals surface area contributed by atoms with Crippen molar-refractivity contribution in [2.24, 2.45) is 0 Å². The first-order valence-electron chi connectivity index (χ1n) is 8.19. The van der Waals surface area contributed by atoms with Crippen molar-refractivity contribution in [1.82, 2.24) is 5.32 Å². The standard InChI is InChI=1S/C17H22ClN3O3/c1-12(22)11-20-6-7-24-16-8-14(2-3-15(16)20)21(17(23)9-18)5-4-13-10-19-13/h2-3,8,13,19H,4-7,9-11H2,1H3. The Labute approximate surface area is 146 Å². The van der Waals surface area contributed by atoms with Crippen LogP contribution in [0.4, 0.5) is 11.4 Å². The third-order valence-electron chi connectivity index (χ3n) is 4.24. The Hall–Kier alpha value is -1.79. The van der Waals surface area contributed by atoms with E-state index in [1.54, 1.807) is 11.8 Å². The van der Waals surface area contributed by atoms with Crippen molar-refractivity contribution in [2.75, 3.05) is 48.5 Å². The van der Waals surface area contributed by atoms with Crippen LogP contribution in [0.3, 0.4) is 0 Å². The summed E-state index contributed by atoms with van der Waals surface area (Å²) in [5, 5.41) is 3.24. The molecular formula is C17H22ClN3O3. The summed E-state index contributed by atoms with van der Waals surface area (Å²) in [5.74, 6) is 0.653. The largest absolute Gasteiger partial charge is 0.489 e. The van der Waals surface area contributed by atoms with Crippen molar-refractivity contribution >= 4 is 34.7 Å². The van der Waals surface area contributed by atoms with Gasteiger partial charge in [-0.25, -0.2) is 0 Å². The zero-order valence-electron chi connectivity index (χ0n) is 13.8. The van der Waals surface area contributed by atoms with Crippen LogP contribution in [0.15, 0.2) is 18.2 Å². The van der Waals surface area contributed by atoms with Crippen LogP contribution in [0.5, 0.6) is 5.75 Å². The molecular weight excluding hydrogens is 330 g/mol. The number of fused-ring (bicyclic) bond motifs is 1. The van der Waals surface area contributed by atoms with E-state index in [2.05, 4.69) is 5.32 Å². The normalized spacial score (nSPS) is 18.6. The number of halogens is 1. The van der Waals surface area contributed by atoms with E-state index in [0.29, 0.717) is 38.0 Å². The summed E-state index contributed by atoms with van der Waals surface area (Å²) in [4.78, 5) is 27.3. The van der Waals surface area contributed by atoms with Crippen molar-refractivity contribution in [2.45, 2.75) is 19.4 Å². The number of rotatable bonds is 7. The van der Waals surface area contributed by atoms with E-state index in [0.717, 1.165) is 24.3 Å². The third-order valence-corrected chi connectivity index (χ3v) is 4.47. The second kappa shape index (κ2) is 7.40. The van der Waals surface area contributed by atoms with Crippen LogP contribution in [0.2, 0.25) is 0 Å². The minimum Gasteiger partial charge on any atom is -0.489 e. The zero-order valence-corrected chi connectivity index (χ0v) is 14.5. The number of carbonyl (C=O) groups excluding carboxylic acids is 2. The average Bonchev–Trinajstić information content (AvgIpc) is 3.38. The highest BCUT2D eigenvalue weighted by atomic mass is 35.5. The Morgan fingerprint density at radius 3 is 2.92 bits per heavy atom. The molecule has 1 N–H and O–H groups in total. The molecule has 1 aromatic rings. The number of hydrogen-bond acceptors (Lipinski definition) is 5. The summed E-state index contributed by atoms with van der Waals surface area (Å²) >= 11 is 5.77. The van der Waals surface area contributed by atoms with E-state index in [-0.39, 0.29) is 17.6 Å². The molecule has 1 unspecified atom stereocenters. The number of nitrogens with zero attached hydrogens (tertiary/aromatic N) is 2. The number of amides is 1. The van der Waals surface area contributed by atoms with E-state index >= 15 is 0 Å². The minimum absolute atomic E-state index is 0.0491. The summed E-state index contributed by atoms with van der Waals surface area (Å²) in [7, 11) is 0. The molecule has 0 aliphatic carbocycles. The summed E-state index contributed by atoms with van der Waals surface area (Å²) in [6.07, 6.45) is 0.900. The minimum atomic E-state index is -0.117. The molecule has 0 aromatic heterocycles. The van der Waals surface area contributed by atoms with Crippen molar-refractivity contribution in [1.29, 1.82) is 0 Å². The molecule has 1 saturated heterocycles. The summed E-state index contributed by atoms with van der Waals surface area (Å²) < 4.78 is 5.74. The van der Waals surface area contributed by atoms with E-state index in [1.807, 2.05) is 23.1 Å². The molecule has 0 bridgehead atoms. The maximum absolute atomic E-state index is 12.2. The summed E-state index contributed by atoms with van der Waals surface area (Å²) in [6, 6.07) is 6.17. The molecule has 0 radical (unpaired) electrons. The lowest BCUT2D eigenvalue weighted by Gasteiger charge is -2.32. The Balaban J connectivity index is 1.81. The quantitative estimate of drug-likeness (QED) is 0.594. The van der Waals surface area contributed by atoms with Crippen molar-refractivity contribution in [3.63, 3.8) is 0 Å². The van der Waals surface area contributed by atoms with Crippen LogP contribution >= 0.6 is 11.6 Å².